The molecular formula is C15H20O5. The molecule has 5 heteroatoms. The summed E-state index contributed by atoms with van der Waals surface area (Å²) in [6, 6.07) is 0. The van der Waals surface area contributed by atoms with Gasteiger partial charge in [-0.1, -0.05) is 20.8 Å². The van der Waals surface area contributed by atoms with E-state index in [1.54, 1.807) is 0 Å². The molecule has 20 heavy (non-hydrogen) atoms. The predicted octanol–water partition coefficient (Wildman–Crippen LogP) is 1.03. The second-order valence-electron chi connectivity index (χ2n) is 7.94. The normalized spacial score (nSPS) is 55.2. The third-order valence-corrected chi connectivity index (χ3v) is 6.54. The summed E-state index contributed by atoms with van der Waals surface area (Å²) in [5.41, 5.74) is -2.78. The molecule has 1 N–H and O–H groups in total. The lowest BCUT2D eigenvalue weighted by Crippen LogP contribution is -2.63. The lowest BCUT2D eigenvalue weighted by molar-refractivity contribution is -0.202. The van der Waals surface area contributed by atoms with E-state index in [4.69, 9.17) is 9.47 Å². The van der Waals surface area contributed by atoms with Crippen LogP contribution in [0.5, 0.6) is 0 Å². The predicted molar refractivity (Wildman–Crippen MR) is 67.5 cm³/mol. The third kappa shape index (κ3) is 0.955. The molecule has 0 amide bonds. The van der Waals surface area contributed by atoms with E-state index in [1.165, 1.54) is 0 Å². The molecule has 2 heterocycles. The summed E-state index contributed by atoms with van der Waals surface area (Å²) in [7, 11) is 0. The molecule has 4 aliphatic rings. The van der Waals surface area contributed by atoms with Gasteiger partial charge in [-0.2, -0.15) is 0 Å². The maximum Gasteiger partial charge on any atom is 0.348 e. The minimum Gasteiger partial charge on any atom is -0.462 e. The molecule has 110 valence electrons. The summed E-state index contributed by atoms with van der Waals surface area (Å²) in [5.74, 6) is -1.02. The number of carbonyl (C=O) groups excluding carboxylic acids is 2. The van der Waals surface area contributed by atoms with Crippen molar-refractivity contribution < 1.29 is 24.2 Å². The SMILES string of the molecule is CC1(C)CC2(C)COC(=O)C3OC(=O)C4(O)CCC1C324. The second-order valence-corrected chi connectivity index (χ2v) is 7.94. The van der Waals surface area contributed by atoms with Crippen molar-refractivity contribution in [3.8, 4) is 0 Å². The molecule has 5 atom stereocenters. The molecule has 5 nitrogen and oxygen atoms in total. The zero-order chi connectivity index (χ0) is 14.6. The molecule has 4 rings (SSSR count). The van der Waals surface area contributed by atoms with Crippen LogP contribution in [0.2, 0.25) is 0 Å². The van der Waals surface area contributed by atoms with Crippen LogP contribution >= 0.6 is 0 Å². The van der Waals surface area contributed by atoms with Crippen LogP contribution in [-0.4, -0.2) is 35.4 Å². The lowest BCUT2D eigenvalue weighted by atomic mass is 9.55. The van der Waals surface area contributed by atoms with Crippen molar-refractivity contribution in [3.63, 3.8) is 0 Å². The summed E-state index contributed by atoms with van der Waals surface area (Å²) >= 11 is 0. The molecule has 0 bridgehead atoms. The van der Waals surface area contributed by atoms with Crippen molar-refractivity contribution in [1.29, 1.82) is 0 Å². The van der Waals surface area contributed by atoms with Gasteiger partial charge in [-0.15, -0.1) is 0 Å². The summed E-state index contributed by atoms with van der Waals surface area (Å²) in [6.07, 6.45) is 1.04. The van der Waals surface area contributed by atoms with E-state index < -0.39 is 34.5 Å². The van der Waals surface area contributed by atoms with Crippen molar-refractivity contribution in [2.75, 3.05) is 6.61 Å². The molecule has 4 fully saturated rings. The van der Waals surface area contributed by atoms with Crippen LogP contribution in [-0.2, 0) is 19.1 Å². The number of cyclic esters (lactones) is 1. The Morgan fingerprint density at radius 2 is 1.95 bits per heavy atom. The Kier molecular flexibility index (Phi) is 1.93. The van der Waals surface area contributed by atoms with Crippen LogP contribution in [0.25, 0.3) is 0 Å². The zero-order valence-electron chi connectivity index (χ0n) is 12.1. The Balaban J connectivity index is 2.03. The number of rotatable bonds is 0. The molecule has 2 saturated heterocycles. The van der Waals surface area contributed by atoms with E-state index in [-0.39, 0.29) is 17.9 Å². The van der Waals surface area contributed by atoms with Crippen LogP contribution in [0.15, 0.2) is 0 Å². The summed E-state index contributed by atoms with van der Waals surface area (Å²) in [5, 5.41) is 11.1. The van der Waals surface area contributed by atoms with Gasteiger partial charge >= 0.3 is 11.9 Å². The zero-order valence-corrected chi connectivity index (χ0v) is 12.1. The Morgan fingerprint density at radius 3 is 2.65 bits per heavy atom. The number of esters is 2. The van der Waals surface area contributed by atoms with E-state index in [9.17, 15) is 14.7 Å². The summed E-state index contributed by atoms with van der Waals surface area (Å²) in [6.45, 7) is 6.62. The second kappa shape index (κ2) is 3.06. The Hall–Kier alpha value is -1.10. The largest absolute Gasteiger partial charge is 0.462 e. The van der Waals surface area contributed by atoms with Crippen LogP contribution < -0.4 is 0 Å². The standard InChI is InChI=1S/C15H20O5/c1-12(2)6-13(3)7-19-10(16)9-15(13)8(12)4-5-14(15,18)11(17)20-9/h8-9,18H,4-7H2,1-3H3. The highest BCUT2D eigenvalue weighted by Crippen LogP contribution is 2.77. The highest BCUT2D eigenvalue weighted by molar-refractivity contribution is 5.92. The van der Waals surface area contributed by atoms with Crippen molar-refractivity contribution >= 4 is 11.9 Å². The van der Waals surface area contributed by atoms with E-state index in [0.29, 0.717) is 6.42 Å². The van der Waals surface area contributed by atoms with Gasteiger partial charge in [0.05, 0.1) is 12.0 Å². The fourth-order valence-electron chi connectivity index (χ4n) is 6.27. The summed E-state index contributed by atoms with van der Waals surface area (Å²) < 4.78 is 10.6. The minimum absolute atomic E-state index is 0.0422. The van der Waals surface area contributed by atoms with Gasteiger partial charge < -0.3 is 14.6 Å². The van der Waals surface area contributed by atoms with Crippen molar-refractivity contribution in [1.82, 2.24) is 0 Å². The third-order valence-electron chi connectivity index (χ3n) is 6.54. The average Bonchev–Trinajstić information content (AvgIpc) is 2.84. The smallest absolute Gasteiger partial charge is 0.348 e. The first-order valence-electron chi connectivity index (χ1n) is 7.29. The number of aliphatic hydroxyl groups is 1. The molecule has 0 aromatic carbocycles. The van der Waals surface area contributed by atoms with E-state index in [1.807, 2.05) is 6.92 Å². The first-order valence-corrected chi connectivity index (χ1v) is 7.29. The molecular weight excluding hydrogens is 260 g/mol. The molecule has 5 unspecified atom stereocenters. The molecule has 0 radical (unpaired) electrons. The Bertz CT molecular complexity index is 540. The van der Waals surface area contributed by atoms with Gasteiger partial charge in [0.25, 0.3) is 0 Å². The first-order chi connectivity index (χ1) is 9.19. The van der Waals surface area contributed by atoms with Gasteiger partial charge in [-0.25, -0.2) is 9.59 Å². The van der Waals surface area contributed by atoms with Crippen molar-refractivity contribution in [3.05, 3.63) is 0 Å². The number of carbonyl (C=O) groups is 2. The fourth-order valence-corrected chi connectivity index (χ4v) is 6.27. The monoisotopic (exact) mass is 280 g/mol. The maximum atomic E-state index is 12.3. The van der Waals surface area contributed by atoms with Gasteiger partial charge in [-0.05, 0) is 30.6 Å². The van der Waals surface area contributed by atoms with Crippen LogP contribution in [0.3, 0.4) is 0 Å². The van der Waals surface area contributed by atoms with Gasteiger partial charge in [0, 0.05) is 5.41 Å². The highest BCUT2D eigenvalue weighted by atomic mass is 16.6. The quantitative estimate of drug-likeness (QED) is 0.671. The fraction of sp³-hybridized carbons (Fsp3) is 0.867. The number of ether oxygens (including phenoxy) is 2. The molecule has 1 spiro atoms. The molecule has 2 aliphatic heterocycles. The average molecular weight is 280 g/mol. The van der Waals surface area contributed by atoms with Crippen LogP contribution in [0.4, 0.5) is 0 Å². The van der Waals surface area contributed by atoms with E-state index in [0.717, 1.165) is 12.8 Å². The van der Waals surface area contributed by atoms with Gasteiger partial charge in [-0.3, -0.25) is 0 Å². The first kappa shape index (κ1) is 12.6. The molecule has 0 aromatic rings. The van der Waals surface area contributed by atoms with Crippen molar-refractivity contribution in [2.24, 2.45) is 22.2 Å². The maximum absolute atomic E-state index is 12.3. The van der Waals surface area contributed by atoms with Gasteiger partial charge in [0.1, 0.15) is 0 Å². The van der Waals surface area contributed by atoms with Gasteiger partial charge in [0.2, 0.25) is 6.10 Å². The Morgan fingerprint density at radius 1 is 1.25 bits per heavy atom. The molecule has 2 saturated carbocycles. The van der Waals surface area contributed by atoms with E-state index in [2.05, 4.69) is 13.8 Å². The summed E-state index contributed by atoms with van der Waals surface area (Å²) in [4.78, 5) is 24.4. The van der Waals surface area contributed by atoms with Crippen LogP contribution in [0.1, 0.15) is 40.0 Å². The van der Waals surface area contributed by atoms with Gasteiger partial charge in [0.15, 0.2) is 5.60 Å². The topological polar surface area (TPSA) is 72.8 Å². The van der Waals surface area contributed by atoms with Crippen molar-refractivity contribution in [2.45, 2.75) is 51.7 Å². The number of hydrogen-bond donors (Lipinski definition) is 1. The van der Waals surface area contributed by atoms with E-state index >= 15 is 0 Å². The Labute approximate surface area is 117 Å². The molecule has 0 aromatic heterocycles. The van der Waals surface area contributed by atoms with Crippen LogP contribution in [0, 0.1) is 22.2 Å². The molecule has 2 aliphatic carbocycles. The highest BCUT2D eigenvalue weighted by Gasteiger charge is 2.86. The minimum atomic E-state index is -1.52. The lowest BCUT2D eigenvalue weighted by Gasteiger charge is -2.50. The number of hydrogen-bond acceptors (Lipinski definition) is 5.